The van der Waals surface area contributed by atoms with E-state index in [1.807, 2.05) is 13.2 Å². The average molecular weight is 339 g/mol. The monoisotopic (exact) mass is 339 g/mol. The molecule has 0 aliphatic rings. The van der Waals surface area contributed by atoms with Crippen molar-refractivity contribution in [2.45, 2.75) is 13.5 Å². The highest BCUT2D eigenvalue weighted by Crippen LogP contribution is 2.18. The van der Waals surface area contributed by atoms with Crippen molar-refractivity contribution in [3.05, 3.63) is 51.5 Å². The van der Waals surface area contributed by atoms with Crippen LogP contribution in [-0.4, -0.2) is 17.0 Å². The molecule has 88 valence electrons. The summed E-state index contributed by atoms with van der Waals surface area (Å²) in [6.45, 7) is 2.96. The van der Waals surface area contributed by atoms with Crippen LogP contribution in [0.4, 0.5) is 5.82 Å². The Morgan fingerprint density at radius 3 is 2.88 bits per heavy atom. The highest BCUT2D eigenvalue weighted by Gasteiger charge is 2.07. The molecule has 0 saturated carbocycles. The first-order chi connectivity index (χ1) is 8.16. The maximum atomic E-state index is 4.30. The molecular formula is C13H14IN3. The Kier molecular flexibility index (Phi) is 3.93. The van der Waals surface area contributed by atoms with Gasteiger partial charge < -0.3 is 4.90 Å². The fraction of sp³-hybridized carbons (Fsp3) is 0.231. The largest absolute Gasteiger partial charge is 0.354 e. The van der Waals surface area contributed by atoms with E-state index in [0.29, 0.717) is 0 Å². The van der Waals surface area contributed by atoms with Crippen molar-refractivity contribution >= 4 is 28.4 Å². The smallest absolute Gasteiger partial charge is 0.145 e. The van der Waals surface area contributed by atoms with Crippen LogP contribution in [-0.2, 0) is 6.54 Å². The quantitative estimate of drug-likeness (QED) is 0.805. The minimum atomic E-state index is 0.856. The molecule has 0 aliphatic carbocycles. The summed E-state index contributed by atoms with van der Waals surface area (Å²) in [5, 5.41) is 0. The highest BCUT2D eigenvalue weighted by molar-refractivity contribution is 14.1. The van der Waals surface area contributed by atoms with Gasteiger partial charge in [0.1, 0.15) is 12.1 Å². The average Bonchev–Trinajstić information content (AvgIpc) is 2.29. The lowest BCUT2D eigenvalue weighted by molar-refractivity contribution is 0.884. The van der Waals surface area contributed by atoms with Crippen LogP contribution in [0.1, 0.15) is 11.1 Å². The number of nitrogens with zero attached hydrogens (tertiary/aromatic N) is 3. The van der Waals surface area contributed by atoms with E-state index in [9.17, 15) is 0 Å². The standard InChI is InChI=1S/C13H14IN3/c1-10-4-3-5-11(6-10)8-17(2)13-12(14)7-15-9-16-13/h3-7,9H,8H2,1-2H3. The lowest BCUT2D eigenvalue weighted by atomic mass is 10.1. The van der Waals surface area contributed by atoms with Gasteiger partial charge in [-0.2, -0.15) is 0 Å². The summed E-state index contributed by atoms with van der Waals surface area (Å²) < 4.78 is 1.07. The number of hydrogen-bond acceptors (Lipinski definition) is 3. The van der Waals surface area contributed by atoms with Crippen molar-refractivity contribution in [1.82, 2.24) is 9.97 Å². The van der Waals surface area contributed by atoms with Crippen LogP contribution in [0.2, 0.25) is 0 Å². The fourth-order valence-electron chi connectivity index (χ4n) is 1.75. The zero-order valence-corrected chi connectivity index (χ0v) is 12.0. The maximum Gasteiger partial charge on any atom is 0.145 e. The Morgan fingerprint density at radius 1 is 1.35 bits per heavy atom. The van der Waals surface area contributed by atoms with Crippen LogP contribution in [0.15, 0.2) is 36.8 Å². The van der Waals surface area contributed by atoms with Crippen molar-refractivity contribution in [2.75, 3.05) is 11.9 Å². The molecule has 0 aliphatic heterocycles. The van der Waals surface area contributed by atoms with Gasteiger partial charge in [-0.25, -0.2) is 9.97 Å². The van der Waals surface area contributed by atoms with Gasteiger partial charge >= 0.3 is 0 Å². The summed E-state index contributed by atoms with van der Waals surface area (Å²) in [5.74, 6) is 0.974. The molecule has 0 bridgehead atoms. The number of rotatable bonds is 3. The number of halogens is 1. The van der Waals surface area contributed by atoms with Gasteiger partial charge in [0, 0.05) is 19.8 Å². The van der Waals surface area contributed by atoms with E-state index in [-0.39, 0.29) is 0 Å². The van der Waals surface area contributed by atoms with E-state index in [1.165, 1.54) is 11.1 Å². The normalized spacial score (nSPS) is 10.3. The minimum Gasteiger partial charge on any atom is -0.354 e. The third kappa shape index (κ3) is 3.15. The zero-order valence-electron chi connectivity index (χ0n) is 9.89. The van der Waals surface area contributed by atoms with Crippen molar-refractivity contribution in [2.24, 2.45) is 0 Å². The van der Waals surface area contributed by atoms with Gasteiger partial charge in [0.25, 0.3) is 0 Å². The second-order valence-electron chi connectivity index (χ2n) is 4.04. The van der Waals surface area contributed by atoms with Crippen LogP contribution >= 0.6 is 22.6 Å². The maximum absolute atomic E-state index is 4.30. The first-order valence-electron chi connectivity index (χ1n) is 5.39. The summed E-state index contributed by atoms with van der Waals surface area (Å²) in [7, 11) is 2.05. The molecule has 0 fully saturated rings. The highest BCUT2D eigenvalue weighted by atomic mass is 127. The lowest BCUT2D eigenvalue weighted by Crippen LogP contribution is -2.19. The van der Waals surface area contributed by atoms with Crippen molar-refractivity contribution in [3.8, 4) is 0 Å². The van der Waals surface area contributed by atoms with Gasteiger partial charge in [0.2, 0.25) is 0 Å². The Labute approximate surface area is 115 Å². The number of hydrogen-bond donors (Lipinski definition) is 0. The summed E-state index contributed by atoms with van der Waals surface area (Å²) >= 11 is 2.26. The van der Waals surface area contributed by atoms with Gasteiger partial charge in [-0.3, -0.25) is 0 Å². The Bertz CT molecular complexity index is 514. The number of aromatic nitrogens is 2. The molecule has 1 aromatic heterocycles. The molecule has 2 rings (SSSR count). The lowest BCUT2D eigenvalue weighted by Gasteiger charge is -2.19. The Morgan fingerprint density at radius 2 is 2.18 bits per heavy atom. The zero-order chi connectivity index (χ0) is 12.3. The number of aryl methyl sites for hydroxylation is 1. The van der Waals surface area contributed by atoms with Gasteiger partial charge in [-0.05, 0) is 35.1 Å². The molecule has 0 N–H and O–H groups in total. The van der Waals surface area contributed by atoms with Crippen LogP contribution in [0, 0.1) is 10.5 Å². The summed E-state index contributed by atoms with van der Waals surface area (Å²) in [5.41, 5.74) is 2.58. The predicted molar refractivity (Wildman–Crippen MR) is 78.0 cm³/mol. The van der Waals surface area contributed by atoms with Crippen molar-refractivity contribution < 1.29 is 0 Å². The summed E-state index contributed by atoms with van der Waals surface area (Å²) in [4.78, 5) is 10.4. The minimum absolute atomic E-state index is 0.856. The van der Waals surface area contributed by atoms with E-state index in [1.54, 1.807) is 6.33 Å². The second-order valence-corrected chi connectivity index (χ2v) is 5.20. The van der Waals surface area contributed by atoms with Crippen LogP contribution in [0.5, 0.6) is 0 Å². The van der Waals surface area contributed by atoms with Crippen LogP contribution in [0.3, 0.4) is 0 Å². The molecule has 4 heteroatoms. The third-order valence-corrected chi connectivity index (χ3v) is 3.27. The Hall–Kier alpha value is -1.17. The molecule has 0 saturated heterocycles. The molecule has 3 nitrogen and oxygen atoms in total. The van der Waals surface area contributed by atoms with E-state index < -0.39 is 0 Å². The second kappa shape index (κ2) is 5.44. The van der Waals surface area contributed by atoms with Crippen molar-refractivity contribution in [1.29, 1.82) is 0 Å². The molecular weight excluding hydrogens is 325 g/mol. The van der Waals surface area contributed by atoms with E-state index in [4.69, 9.17) is 0 Å². The van der Waals surface area contributed by atoms with Gasteiger partial charge in [-0.1, -0.05) is 29.8 Å². The number of anilines is 1. The van der Waals surface area contributed by atoms with E-state index >= 15 is 0 Å². The summed E-state index contributed by atoms with van der Waals surface area (Å²) in [6.07, 6.45) is 3.42. The van der Waals surface area contributed by atoms with Crippen LogP contribution in [0.25, 0.3) is 0 Å². The predicted octanol–water partition coefficient (Wildman–Crippen LogP) is 3.03. The third-order valence-electron chi connectivity index (χ3n) is 2.51. The molecule has 2 aromatic rings. The summed E-state index contributed by atoms with van der Waals surface area (Å²) in [6, 6.07) is 8.53. The molecule has 0 spiro atoms. The number of benzene rings is 1. The Balaban J connectivity index is 2.17. The molecule has 17 heavy (non-hydrogen) atoms. The molecule has 0 amide bonds. The van der Waals surface area contributed by atoms with E-state index in [2.05, 4.69) is 68.6 Å². The topological polar surface area (TPSA) is 29.0 Å². The SMILES string of the molecule is Cc1cccc(CN(C)c2ncncc2I)c1. The van der Waals surface area contributed by atoms with Crippen LogP contribution < -0.4 is 4.90 Å². The van der Waals surface area contributed by atoms with Gasteiger partial charge in [-0.15, -0.1) is 0 Å². The molecule has 1 aromatic carbocycles. The van der Waals surface area contributed by atoms with Gasteiger partial charge in [0.15, 0.2) is 0 Å². The first-order valence-corrected chi connectivity index (χ1v) is 6.47. The molecule has 0 radical (unpaired) electrons. The van der Waals surface area contributed by atoms with Gasteiger partial charge in [0.05, 0.1) is 3.57 Å². The van der Waals surface area contributed by atoms with E-state index in [0.717, 1.165) is 15.9 Å². The molecule has 0 atom stereocenters. The van der Waals surface area contributed by atoms with Crippen molar-refractivity contribution in [3.63, 3.8) is 0 Å². The first kappa shape index (κ1) is 12.3. The molecule has 1 heterocycles. The fourth-order valence-corrected chi connectivity index (χ4v) is 2.46. The molecule has 0 unspecified atom stereocenters.